The Morgan fingerprint density at radius 3 is 2.56 bits per heavy atom. The molecule has 2 aliphatic rings. The van der Waals surface area contributed by atoms with Gasteiger partial charge in [0.2, 0.25) is 6.79 Å². The van der Waals surface area contributed by atoms with E-state index in [2.05, 4.69) is 5.32 Å². The zero-order valence-electron chi connectivity index (χ0n) is 19.4. The van der Waals surface area contributed by atoms with E-state index in [9.17, 15) is 14.0 Å². The molecule has 2 atom stereocenters. The zero-order valence-corrected chi connectivity index (χ0v) is 19.4. The Morgan fingerprint density at radius 2 is 1.82 bits per heavy atom. The van der Waals surface area contributed by atoms with E-state index in [0.717, 1.165) is 36.8 Å². The molecular formula is C26H32FNO6. The maximum Gasteiger partial charge on any atom is 0.303 e. The van der Waals surface area contributed by atoms with Gasteiger partial charge in [0.25, 0.3) is 0 Å². The van der Waals surface area contributed by atoms with E-state index in [0.29, 0.717) is 37.7 Å². The van der Waals surface area contributed by atoms with Crippen LogP contribution in [0, 0.1) is 11.7 Å². The number of carboxylic acid groups (broad SMARTS) is 1. The van der Waals surface area contributed by atoms with Crippen molar-refractivity contribution >= 4 is 11.8 Å². The summed E-state index contributed by atoms with van der Waals surface area (Å²) in [6.45, 7) is 4.25. The van der Waals surface area contributed by atoms with Crippen LogP contribution < -0.4 is 19.5 Å². The van der Waals surface area contributed by atoms with Gasteiger partial charge in [0.15, 0.2) is 11.5 Å². The Kier molecular flexibility index (Phi) is 9.70. The number of carboxylic acids is 1. The number of benzene rings is 2. The van der Waals surface area contributed by atoms with Crippen molar-refractivity contribution < 1.29 is 33.3 Å². The monoisotopic (exact) mass is 473 g/mol. The maximum absolute atomic E-state index is 13.2. The number of ketones is 1. The first-order valence-electron chi connectivity index (χ1n) is 11.6. The summed E-state index contributed by atoms with van der Waals surface area (Å²) in [6.07, 6.45) is 3.01. The topological polar surface area (TPSA) is 94.1 Å². The Hall–Kier alpha value is -3.13. The van der Waals surface area contributed by atoms with Gasteiger partial charge >= 0.3 is 5.97 Å². The van der Waals surface area contributed by atoms with E-state index in [4.69, 9.17) is 19.3 Å². The number of Topliss-reactive ketones (excluding diaryl/α,β-unsaturated/α-hetero) is 1. The molecule has 4 rings (SSSR count). The predicted molar refractivity (Wildman–Crippen MR) is 125 cm³/mol. The second kappa shape index (κ2) is 12.9. The van der Waals surface area contributed by atoms with E-state index in [1.165, 1.54) is 24.6 Å². The highest BCUT2D eigenvalue weighted by atomic mass is 19.1. The highest BCUT2D eigenvalue weighted by molar-refractivity contribution is 5.75. The number of ether oxygens (including phenoxy) is 3. The number of carbonyl (C=O) groups is 2. The third-order valence-corrected chi connectivity index (χ3v) is 5.88. The van der Waals surface area contributed by atoms with Gasteiger partial charge in [-0.05, 0) is 68.5 Å². The van der Waals surface area contributed by atoms with Crippen molar-refractivity contribution in [2.75, 3.05) is 26.5 Å². The molecule has 0 aromatic heterocycles. The van der Waals surface area contributed by atoms with Crippen LogP contribution in [-0.2, 0) is 9.59 Å². The molecule has 0 radical (unpaired) electrons. The summed E-state index contributed by atoms with van der Waals surface area (Å²) in [6, 6.07) is 12.5. The van der Waals surface area contributed by atoms with Crippen LogP contribution in [0.2, 0.25) is 0 Å². The zero-order chi connectivity index (χ0) is 24.3. The largest absolute Gasteiger partial charge is 0.493 e. The number of halogens is 1. The molecule has 7 nitrogen and oxygen atoms in total. The summed E-state index contributed by atoms with van der Waals surface area (Å²) in [4.78, 5) is 20.3. The number of hydrogen-bond donors (Lipinski definition) is 2. The number of hydrogen-bond acceptors (Lipinski definition) is 6. The number of piperidine rings is 1. The van der Waals surface area contributed by atoms with Crippen LogP contribution in [0.4, 0.5) is 4.39 Å². The van der Waals surface area contributed by atoms with Gasteiger partial charge in [-0.1, -0.05) is 12.1 Å². The summed E-state index contributed by atoms with van der Waals surface area (Å²) in [5, 5.41) is 11.6. The van der Waals surface area contributed by atoms with Crippen molar-refractivity contribution in [2.45, 2.75) is 44.9 Å². The molecule has 0 saturated carbocycles. The van der Waals surface area contributed by atoms with Crippen molar-refractivity contribution in [1.82, 2.24) is 5.32 Å². The Morgan fingerprint density at radius 1 is 1.09 bits per heavy atom. The highest BCUT2D eigenvalue weighted by Gasteiger charge is 2.27. The number of rotatable bonds is 9. The van der Waals surface area contributed by atoms with E-state index in [1.807, 2.05) is 30.3 Å². The van der Waals surface area contributed by atoms with Gasteiger partial charge in [-0.15, -0.1) is 0 Å². The normalized spacial score (nSPS) is 18.5. The average Bonchev–Trinajstić information content (AvgIpc) is 3.29. The van der Waals surface area contributed by atoms with Crippen LogP contribution in [0.1, 0.15) is 50.5 Å². The lowest BCUT2D eigenvalue weighted by Gasteiger charge is -2.32. The lowest BCUT2D eigenvalue weighted by Crippen LogP contribution is -2.38. The molecule has 1 saturated heterocycles. The van der Waals surface area contributed by atoms with Crippen LogP contribution >= 0.6 is 0 Å². The van der Waals surface area contributed by atoms with Crippen molar-refractivity contribution in [2.24, 2.45) is 5.92 Å². The maximum atomic E-state index is 13.2. The van der Waals surface area contributed by atoms with Crippen LogP contribution in [0.5, 0.6) is 17.2 Å². The molecule has 1 fully saturated rings. The van der Waals surface area contributed by atoms with Crippen molar-refractivity contribution in [1.29, 1.82) is 0 Å². The third kappa shape index (κ3) is 8.02. The summed E-state index contributed by atoms with van der Waals surface area (Å²) < 4.78 is 29.9. The average molecular weight is 474 g/mol. The second-order valence-corrected chi connectivity index (χ2v) is 8.54. The van der Waals surface area contributed by atoms with Gasteiger partial charge in [-0.3, -0.25) is 4.79 Å². The van der Waals surface area contributed by atoms with Crippen LogP contribution in [0.15, 0.2) is 42.5 Å². The molecule has 0 spiro atoms. The van der Waals surface area contributed by atoms with Crippen LogP contribution in [-0.4, -0.2) is 43.3 Å². The SMILES string of the molecule is CC(=O)CCCCC(=O)O.Fc1ccc([C@@H]2CCNC[C@H]2COc2ccc3c(c2)OCO3)cc1. The lowest BCUT2D eigenvalue weighted by molar-refractivity contribution is -0.137. The Balaban J connectivity index is 0.000000277. The third-order valence-electron chi connectivity index (χ3n) is 5.88. The van der Waals surface area contributed by atoms with Crippen molar-refractivity contribution in [3.8, 4) is 17.2 Å². The Labute approximate surface area is 199 Å². The lowest BCUT2D eigenvalue weighted by atomic mass is 9.81. The smallest absolute Gasteiger partial charge is 0.303 e. The minimum atomic E-state index is -0.788. The molecule has 184 valence electrons. The molecule has 2 aromatic rings. The fraction of sp³-hybridized carbons (Fsp3) is 0.462. The van der Waals surface area contributed by atoms with Gasteiger partial charge < -0.3 is 29.4 Å². The van der Waals surface area contributed by atoms with Crippen molar-refractivity contribution in [3.05, 3.63) is 53.8 Å². The standard InChI is InChI=1S/C19H20FNO3.C7H12O3/c20-15-3-1-13(2-4-15)17-7-8-21-10-14(17)11-22-16-5-6-18-19(9-16)24-12-23-18;1-6(8)4-2-3-5-7(9)10/h1-6,9,14,17,21H,7-8,10-12H2;2-5H2,1H3,(H,9,10)/t14-,17-;/m0./s1. The molecule has 34 heavy (non-hydrogen) atoms. The van der Waals surface area contributed by atoms with Gasteiger partial charge in [0, 0.05) is 31.4 Å². The molecule has 8 heteroatoms. The molecule has 0 aliphatic carbocycles. The minimum Gasteiger partial charge on any atom is -0.493 e. The van der Waals surface area contributed by atoms with E-state index < -0.39 is 5.97 Å². The fourth-order valence-electron chi connectivity index (χ4n) is 4.07. The first kappa shape index (κ1) is 25.5. The summed E-state index contributed by atoms with van der Waals surface area (Å²) in [5.74, 6) is 2.13. The predicted octanol–water partition coefficient (Wildman–Crippen LogP) is 4.55. The number of nitrogens with one attached hydrogen (secondary N) is 1. The number of carbonyl (C=O) groups excluding carboxylic acids is 1. The molecule has 0 unspecified atom stereocenters. The molecule has 2 heterocycles. The summed E-state index contributed by atoms with van der Waals surface area (Å²) in [7, 11) is 0. The van der Waals surface area contributed by atoms with Gasteiger partial charge in [0.1, 0.15) is 17.3 Å². The number of aliphatic carboxylic acids is 1. The Bertz CT molecular complexity index is 933. The highest BCUT2D eigenvalue weighted by Crippen LogP contribution is 2.36. The van der Waals surface area contributed by atoms with Crippen molar-refractivity contribution in [3.63, 3.8) is 0 Å². The molecule has 0 amide bonds. The minimum absolute atomic E-state index is 0.130. The number of fused-ring (bicyclic) bond motifs is 1. The quantitative estimate of drug-likeness (QED) is 0.516. The molecular weight excluding hydrogens is 441 g/mol. The second-order valence-electron chi connectivity index (χ2n) is 8.54. The molecule has 2 aliphatic heterocycles. The van der Waals surface area contributed by atoms with E-state index >= 15 is 0 Å². The molecule has 0 bridgehead atoms. The van der Waals surface area contributed by atoms with E-state index in [-0.39, 0.29) is 24.8 Å². The van der Waals surface area contributed by atoms with E-state index in [1.54, 1.807) is 0 Å². The first-order valence-corrected chi connectivity index (χ1v) is 11.6. The fourth-order valence-corrected chi connectivity index (χ4v) is 4.07. The van der Waals surface area contributed by atoms with Gasteiger partial charge in [-0.25, -0.2) is 4.39 Å². The molecule has 2 N–H and O–H groups in total. The van der Waals surface area contributed by atoms with Gasteiger partial charge in [0.05, 0.1) is 6.61 Å². The van der Waals surface area contributed by atoms with Crippen LogP contribution in [0.3, 0.4) is 0 Å². The number of unbranched alkanes of at least 4 members (excludes halogenated alkanes) is 1. The van der Waals surface area contributed by atoms with Gasteiger partial charge in [-0.2, -0.15) is 0 Å². The molecule has 2 aromatic carbocycles. The summed E-state index contributed by atoms with van der Waals surface area (Å²) >= 11 is 0. The summed E-state index contributed by atoms with van der Waals surface area (Å²) in [5.41, 5.74) is 1.18. The van der Waals surface area contributed by atoms with Crippen LogP contribution in [0.25, 0.3) is 0 Å². The first-order chi connectivity index (χ1) is 16.4.